The van der Waals surface area contributed by atoms with Crippen LogP contribution in [0, 0.1) is 0 Å². The third kappa shape index (κ3) is 5.26. The van der Waals surface area contributed by atoms with E-state index in [1.807, 2.05) is 12.1 Å². The van der Waals surface area contributed by atoms with Gasteiger partial charge >= 0.3 is 5.97 Å². The summed E-state index contributed by atoms with van der Waals surface area (Å²) in [4.78, 5) is 28.3. The highest BCUT2D eigenvalue weighted by Gasteiger charge is 2.17. The van der Waals surface area contributed by atoms with Gasteiger partial charge in [0.15, 0.2) is 23.2 Å². The summed E-state index contributed by atoms with van der Waals surface area (Å²) in [5.41, 5.74) is 1.87. The highest BCUT2D eigenvalue weighted by atomic mass is 32.1. The summed E-state index contributed by atoms with van der Waals surface area (Å²) >= 11 is 1.30. The van der Waals surface area contributed by atoms with Crippen molar-refractivity contribution in [2.75, 3.05) is 18.5 Å². The van der Waals surface area contributed by atoms with Crippen LogP contribution in [-0.4, -0.2) is 29.9 Å². The van der Waals surface area contributed by atoms with E-state index in [4.69, 9.17) is 4.74 Å². The van der Waals surface area contributed by atoms with Crippen LogP contribution < -0.4 is 5.32 Å². The minimum Gasteiger partial charge on any atom is -0.453 e. The molecule has 132 valence electrons. The maximum Gasteiger partial charge on any atom is 0.358 e. The molecule has 1 heterocycles. The average molecular weight is 358 g/mol. The Labute approximate surface area is 151 Å². The average Bonchev–Trinajstić information content (AvgIpc) is 3.06. The van der Waals surface area contributed by atoms with Gasteiger partial charge in [-0.25, -0.2) is 9.78 Å². The molecule has 0 fully saturated rings. The number of esters is 1. The Morgan fingerprint density at radius 1 is 1.28 bits per heavy atom. The van der Waals surface area contributed by atoms with Crippen LogP contribution in [0.4, 0.5) is 5.13 Å². The molecule has 0 bridgehead atoms. The molecule has 0 aliphatic rings. The zero-order valence-electron chi connectivity index (χ0n) is 14.7. The number of ether oxygens (including phenoxy) is 1. The summed E-state index contributed by atoms with van der Waals surface area (Å²) in [6.45, 7) is 10.2. The van der Waals surface area contributed by atoms with Gasteiger partial charge in [0.1, 0.15) is 0 Å². The summed E-state index contributed by atoms with van der Waals surface area (Å²) in [6.07, 6.45) is 1.70. The number of carbonyl (C=O) groups excluding carboxylic acids is 2. The molecule has 0 aliphatic carbocycles. The van der Waals surface area contributed by atoms with Crippen molar-refractivity contribution in [3.8, 4) is 0 Å². The molecule has 0 unspecified atom stereocenters. The van der Waals surface area contributed by atoms with Gasteiger partial charge in [-0.05, 0) is 11.0 Å². The van der Waals surface area contributed by atoms with Crippen LogP contribution in [0.5, 0.6) is 0 Å². The Bertz CT molecular complexity index is 758. The molecule has 25 heavy (non-hydrogen) atoms. The largest absolute Gasteiger partial charge is 0.453 e. The Morgan fingerprint density at radius 3 is 2.56 bits per heavy atom. The van der Waals surface area contributed by atoms with Crippen molar-refractivity contribution in [2.24, 2.45) is 0 Å². The number of anilines is 1. The van der Waals surface area contributed by atoms with Crippen molar-refractivity contribution in [2.45, 2.75) is 26.2 Å². The molecule has 2 aromatic rings. The van der Waals surface area contributed by atoms with Gasteiger partial charge < -0.3 is 10.1 Å². The number of Topliss-reactive ketones (excluding diaryl/α,β-unsaturated/α-hetero) is 1. The van der Waals surface area contributed by atoms with Gasteiger partial charge in [0.2, 0.25) is 0 Å². The van der Waals surface area contributed by atoms with Crippen LogP contribution >= 0.6 is 11.3 Å². The third-order valence-electron chi connectivity index (χ3n) is 3.52. The Hall–Kier alpha value is -2.47. The van der Waals surface area contributed by atoms with Crippen molar-refractivity contribution < 1.29 is 14.3 Å². The molecule has 5 nitrogen and oxygen atoms in total. The number of nitrogens with one attached hydrogen (secondary N) is 1. The maximum atomic E-state index is 12.2. The van der Waals surface area contributed by atoms with Gasteiger partial charge in [-0.1, -0.05) is 51.1 Å². The fourth-order valence-corrected chi connectivity index (χ4v) is 2.74. The van der Waals surface area contributed by atoms with Crippen LogP contribution in [0.25, 0.3) is 0 Å². The van der Waals surface area contributed by atoms with Crippen molar-refractivity contribution in [1.29, 1.82) is 0 Å². The fraction of sp³-hybridized carbons (Fsp3) is 0.316. The highest BCUT2D eigenvalue weighted by Crippen LogP contribution is 2.22. The molecule has 2 rings (SSSR count). The SMILES string of the molecule is C=CCNc1nc(C(=O)OCC(=O)c2ccc(C(C)(C)C)cc2)cs1. The van der Waals surface area contributed by atoms with E-state index < -0.39 is 5.97 Å². The molecule has 0 atom stereocenters. The molecule has 0 spiro atoms. The second kappa shape index (κ2) is 8.07. The Balaban J connectivity index is 1.91. The number of aromatic nitrogens is 1. The standard InChI is InChI=1S/C19H22N2O3S/c1-5-10-20-18-21-15(12-25-18)17(23)24-11-16(22)13-6-8-14(9-7-13)19(2,3)4/h5-9,12H,1,10-11H2,2-4H3,(H,20,21). The topological polar surface area (TPSA) is 68.3 Å². The molecule has 6 heteroatoms. The van der Waals surface area contributed by atoms with Crippen molar-refractivity contribution in [3.63, 3.8) is 0 Å². The smallest absolute Gasteiger partial charge is 0.358 e. The first-order valence-electron chi connectivity index (χ1n) is 7.92. The predicted molar refractivity (Wildman–Crippen MR) is 101 cm³/mol. The van der Waals surface area contributed by atoms with Crippen LogP contribution in [0.2, 0.25) is 0 Å². The van der Waals surface area contributed by atoms with E-state index in [0.717, 1.165) is 5.56 Å². The first-order valence-corrected chi connectivity index (χ1v) is 8.80. The quantitative estimate of drug-likeness (QED) is 0.459. The lowest BCUT2D eigenvalue weighted by molar-refractivity contribution is 0.0470. The third-order valence-corrected chi connectivity index (χ3v) is 4.32. The zero-order valence-corrected chi connectivity index (χ0v) is 15.5. The number of ketones is 1. The van der Waals surface area contributed by atoms with Crippen LogP contribution in [0.3, 0.4) is 0 Å². The lowest BCUT2D eigenvalue weighted by atomic mass is 9.86. The number of carbonyl (C=O) groups is 2. The van der Waals surface area contributed by atoms with Gasteiger partial charge in [-0.3, -0.25) is 4.79 Å². The van der Waals surface area contributed by atoms with Crippen molar-refractivity contribution >= 4 is 28.2 Å². The summed E-state index contributed by atoms with van der Waals surface area (Å²) in [5, 5.41) is 5.19. The Kier molecular flexibility index (Phi) is 6.09. The van der Waals surface area contributed by atoms with Crippen LogP contribution in [0.1, 0.15) is 47.2 Å². The number of benzene rings is 1. The first-order chi connectivity index (χ1) is 11.8. The first kappa shape index (κ1) is 18.9. The van der Waals surface area contributed by atoms with E-state index in [1.165, 1.54) is 11.3 Å². The number of hydrogen-bond acceptors (Lipinski definition) is 6. The summed E-state index contributed by atoms with van der Waals surface area (Å²) in [5.74, 6) is -0.850. The number of nitrogens with zero attached hydrogens (tertiary/aromatic N) is 1. The molecule has 0 saturated carbocycles. The highest BCUT2D eigenvalue weighted by molar-refractivity contribution is 7.13. The molecule has 0 saturated heterocycles. The zero-order chi connectivity index (χ0) is 18.4. The fourth-order valence-electron chi connectivity index (χ4n) is 2.05. The number of thiazole rings is 1. The van der Waals surface area contributed by atoms with Gasteiger partial charge in [0.25, 0.3) is 0 Å². The minimum absolute atomic E-state index is 0.0238. The molecule has 0 radical (unpaired) electrons. The van der Waals surface area contributed by atoms with E-state index in [0.29, 0.717) is 17.2 Å². The molecular formula is C19H22N2O3S. The Morgan fingerprint density at radius 2 is 1.96 bits per heavy atom. The van der Waals surface area contributed by atoms with Crippen LogP contribution in [-0.2, 0) is 10.2 Å². The van der Waals surface area contributed by atoms with Crippen molar-refractivity contribution in [3.05, 3.63) is 59.1 Å². The minimum atomic E-state index is -0.609. The van der Waals surface area contributed by atoms with Gasteiger partial charge in [-0.2, -0.15) is 0 Å². The molecule has 1 N–H and O–H groups in total. The molecule has 1 aromatic carbocycles. The number of rotatable bonds is 7. The summed E-state index contributed by atoms with van der Waals surface area (Å²) < 4.78 is 5.07. The lowest BCUT2D eigenvalue weighted by Gasteiger charge is -2.18. The van der Waals surface area contributed by atoms with Gasteiger partial charge in [0.05, 0.1) is 0 Å². The monoisotopic (exact) mass is 358 g/mol. The van der Waals surface area contributed by atoms with E-state index in [1.54, 1.807) is 23.6 Å². The van der Waals surface area contributed by atoms with Gasteiger partial charge in [0, 0.05) is 17.5 Å². The second-order valence-electron chi connectivity index (χ2n) is 6.53. The van der Waals surface area contributed by atoms with E-state index in [2.05, 4.69) is 37.7 Å². The molecule has 0 amide bonds. The summed E-state index contributed by atoms with van der Waals surface area (Å²) in [7, 11) is 0. The van der Waals surface area contributed by atoms with E-state index in [-0.39, 0.29) is 23.5 Å². The van der Waals surface area contributed by atoms with E-state index >= 15 is 0 Å². The normalized spacial score (nSPS) is 11.0. The second-order valence-corrected chi connectivity index (χ2v) is 7.39. The van der Waals surface area contributed by atoms with E-state index in [9.17, 15) is 9.59 Å². The molecule has 1 aromatic heterocycles. The molecular weight excluding hydrogens is 336 g/mol. The van der Waals surface area contributed by atoms with Gasteiger partial charge in [-0.15, -0.1) is 17.9 Å². The summed E-state index contributed by atoms with van der Waals surface area (Å²) in [6, 6.07) is 7.37. The maximum absolute atomic E-state index is 12.2. The number of hydrogen-bond donors (Lipinski definition) is 1. The lowest BCUT2D eigenvalue weighted by Crippen LogP contribution is -2.15. The molecule has 0 aliphatic heterocycles. The van der Waals surface area contributed by atoms with Crippen molar-refractivity contribution in [1.82, 2.24) is 4.98 Å². The van der Waals surface area contributed by atoms with Crippen LogP contribution in [0.15, 0.2) is 42.3 Å². The predicted octanol–water partition coefficient (Wildman–Crippen LogP) is 4.08.